The van der Waals surface area contributed by atoms with E-state index in [1.165, 1.54) is 12.8 Å². The molecule has 1 heterocycles. The smallest absolute Gasteiger partial charge is 0.101 e. The van der Waals surface area contributed by atoms with Crippen molar-refractivity contribution >= 4 is 5.84 Å². The van der Waals surface area contributed by atoms with E-state index in [0.717, 1.165) is 24.6 Å². The minimum absolute atomic E-state index is 1.03. The van der Waals surface area contributed by atoms with Gasteiger partial charge in [0.2, 0.25) is 0 Å². The Morgan fingerprint density at radius 3 is 2.46 bits per heavy atom. The third kappa shape index (κ3) is 3.05. The second kappa shape index (κ2) is 4.85. The average molecular weight is 178 g/mol. The molecule has 2 heteroatoms. The number of hydrogen-bond acceptors (Lipinski definition) is 1. The molecule has 0 spiro atoms. The molecular weight excluding hydrogens is 160 g/mol. The van der Waals surface area contributed by atoms with Gasteiger partial charge in [-0.15, -0.1) is 0 Å². The van der Waals surface area contributed by atoms with E-state index in [4.69, 9.17) is 0 Å². The Labute approximate surface area is 80.7 Å². The van der Waals surface area contributed by atoms with Gasteiger partial charge >= 0.3 is 0 Å². The first-order valence-corrected chi connectivity index (χ1v) is 4.83. The van der Waals surface area contributed by atoms with Gasteiger partial charge in [0, 0.05) is 18.8 Å². The van der Waals surface area contributed by atoms with Crippen molar-refractivity contribution in [3.63, 3.8) is 0 Å². The number of allylic oxidation sites excluding steroid dienone is 3. The largest absolute Gasteiger partial charge is 0.360 e. The monoisotopic (exact) mass is 178 g/mol. The summed E-state index contributed by atoms with van der Waals surface area (Å²) in [6.07, 6.45) is 6.31. The molecule has 1 aliphatic rings. The molecule has 0 amide bonds. The van der Waals surface area contributed by atoms with Crippen molar-refractivity contribution in [2.75, 3.05) is 13.1 Å². The Hall–Kier alpha value is -1.05. The number of rotatable bonds is 2. The number of amidine groups is 1. The van der Waals surface area contributed by atoms with Crippen LogP contribution in [-0.4, -0.2) is 23.8 Å². The molecule has 0 radical (unpaired) electrons. The molecule has 0 aromatic heterocycles. The van der Waals surface area contributed by atoms with Gasteiger partial charge in [-0.05, 0) is 32.8 Å². The van der Waals surface area contributed by atoms with E-state index in [1.807, 2.05) is 13.0 Å². The summed E-state index contributed by atoms with van der Waals surface area (Å²) in [5.74, 6) is 1.13. The third-order valence-electron chi connectivity index (χ3n) is 2.26. The number of hydrogen-bond donors (Lipinski definition) is 0. The van der Waals surface area contributed by atoms with Crippen molar-refractivity contribution in [3.05, 3.63) is 24.4 Å². The summed E-state index contributed by atoms with van der Waals surface area (Å²) in [5, 5.41) is 0. The van der Waals surface area contributed by atoms with Gasteiger partial charge in [-0.1, -0.05) is 12.7 Å². The van der Waals surface area contributed by atoms with E-state index in [-0.39, 0.29) is 0 Å². The first-order valence-electron chi connectivity index (χ1n) is 4.83. The van der Waals surface area contributed by atoms with Crippen LogP contribution in [0.4, 0.5) is 0 Å². The standard InChI is InChI=1S/C11H18N2/c1-4-7-10(2)12-11(3)13-8-5-6-9-13/h4,7H,1,5-6,8-9H2,2-3H3/b10-7+,12-11?. The summed E-state index contributed by atoms with van der Waals surface area (Å²) in [7, 11) is 0. The fourth-order valence-corrected chi connectivity index (χ4v) is 1.57. The van der Waals surface area contributed by atoms with E-state index in [2.05, 4.69) is 23.4 Å². The molecule has 72 valence electrons. The first kappa shape index (κ1) is 10.0. The molecule has 1 fully saturated rings. The van der Waals surface area contributed by atoms with Gasteiger partial charge in [0.25, 0.3) is 0 Å². The average Bonchev–Trinajstić information content (AvgIpc) is 2.55. The molecule has 0 aromatic carbocycles. The molecule has 0 atom stereocenters. The second-order valence-corrected chi connectivity index (χ2v) is 3.40. The van der Waals surface area contributed by atoms with Gasteiger partial charge in [-0.25, -0.2) is 4.99 Å². The summed E-state index contributed by atoms with van der Waals surface area (Å²) in [5.41, 5.74) is 1.03. The van der Waals surface area contributed by atoms with Crippen molar-refractivity contribution < 1.29 is 0 Å². The lowest BCUT2D eigenvalue weighted by molar-refractivity contribution is 0.515. The van der Waals surface area contributed by atoms with Gasteiger partial charge < -0.3 is 4.90 Å². The fraction of sp³-hybridized carbons (Fsp3) is 0.545. The van der Waals surface area contributed by atoms with Crippen molar-refractivity contribution in [2.45, 2.75) is 26.7 Å². The van der Waals surface area contributed by atoms with Gasteiger partial charge in [0.05, 0.1) is 0 Å². The SMILES string of the molecule is C=C/C=C(\C)N=C(C)N1CCCC1. The molecule has 0 bridgehead atoms. The van der Waals surface area contributed by atoms with E-state index < -0.39 is 0 Å². The minimum Gasteiger partial charge on any atom is -0.360 e. The van der Waals surface area contributed by atoms with Crippen molar-refractivity contribution in [2.24, 2.45) is 4.99 Å². The predicted octanol–water partition coefficient (Wildman–Crippen LogP) is 2.59. The first-order chi connectivity index (χ1) is 6.24. The topological polar surface area (TPSA) is 15.6 Å². The zero-order valence-corrected chi connectivity index (χ0v) is 8.58. The van der Waals surface area contributed by atoms with E-state index in [0.29, 0.717) is 0 Å². The molecular formula is C11H18N2. The zero-order chi connectivity index (χ0) is 9.68. The summed E-state index contributed by atoms with van der Waals surface area (Å²) in [4.78, 5) is 6.81. The minimum atomic E-state index is 1.03. The van der Waals surface area contributed by atoms with Crippen LogP contribution in [0.3, 0.4) is 0 Å². The molecule has 0 aromatic rings. The third-order valence-corrected chi connectivity index (χ3v) is 2.26. The van der Waals surface area contributed by atoms with E-state index in [9.17, 15) is 0 Å². The van der Waals surface area contributed by atoms with Crippen molar-refractivity contribution in [1.82, 2.24) is 4.90 Å². The lowest BCUT2D eigenvalue weighted by Crippen LogP contribution is -2.24. The van der Waals surface area contributed by atoms with Crippen LogP contribution in [-0.2, 0) is 0 Å². The highest BCUT2D eigenvalue weighted by Crippen LogP contribution is 2.09. The van der Waals surface area contributed by atoms with Crippen molar-refractivity contribution in [1.29, 1.82) is 0 Å². The van der Waals surface area contributed by atoms with Gasteiger partial charge in [-0.2, -0.15) is 0 Å². The van der Waals surface area contributed by atoms with Crippen LogP contribution in [0.1, 0.15) is 26.7 Å². The molecule has 1 rings (SSSR count). The quantitative estimate of drug-likeness (QED) is 0.360. The normalized spacial score (nSPS) is 19.4. The van der Waals surface area contributed by atoms with Gasteiger partial charge in [0.15, 0.2) is 0 Å². The summed E-state index contributed by atoms with van der Waals surface area (Å²) < 4.78 is 0. The van der Waals surface area contributed by atoms with Gasteiger partial charge in [0.1, 0.15) is 5.84 Å². The Kier molecular flexibility index (Phi) is 3.74. The van der Waals surface area contributed by atoms with Crippen LogP contribution in [0.5, 0.6) is 0 Å². The Bertz CT molecular complexity index is 232. The highest BCUT2D eigenvalue weighted by Gasteiger charge is 2.11. The second-order valence-electron chi connectivity index (χ2n) is 3.40. The Morgan fingerprint density at radius 1 is 1.31 bits per heavy atom. The molecule has 2 nitrogen and oxygen atoms in total. The summed E-state index contributed by atoms with van der Waals surface area (Å²) >= 11 is 0. The molecule has 0 aliphatic carbocycles. The molecule has 0 unspecified atom stereocenters. The van der Waals surface area contributed by atoms with E-state index >= 15 is 0 Å². The molecule has 13 heavy (non-hydrogen) atoms. The summed E-state index contributed by atoms with van der Waals surface area (Å²) in [6.45, 7) is 10.0. The van der Waals surface area contributed by atoms with Crippen LogP contribution in [0.25, 0.3) is 0 Å². The van der Waals surface area contributed by atoms with Crippen LogP contribution in [0, 0.1) is 0 Å². The maximum atomic E-state index is 4.48. The Morgan fingerprint density at radius 2 is 1.92 bits per heavy atom. The molecule has 1 aliphatic heterocycles. The summed E-state index contributed by atoms with van der Waals surface area (Å²) in [6, 6.07) is 0. The number of likely N-dealkylation sites (tertiary alicyclic amines) is 1. The van der Waals surface area contributed by atoms with Crippen LogP contribution in [0.2, 0.25) is 0 Å². The van der Waals surface area contributed by atoms with Gasteiger partial charge in [-0.3, -0.25) is 0 Å². The molecule has 1 saturated heterocycles. The van der Waals surface area contributed by atoms with Crippen molar-refractivity contribution in [3.8, 4) is 0 Å². The molecule has 0 saturated carbocycles. The zero-order valence-electron chi connectivity index (χ0n) is 8.58. The molecule has 0 N–H and O–H groups in total. The lowest BCUT2D eigenvalue weighted by atomic mass is 10.4. The van der Waals surface area contributed by atoms with Crippen LogP contribution in [0.15, 0.2) is 29.4 Å². The fourth-order valence-electron chi connectivity index (χ4n) is 1.57. The Balaban J connectivity index is 2.58. The van der Waals surface area contributed by atoms with E-state index in [1.54, 1.807) is 6.08 Å². The number of nitrogens with zero attached hydrogens (tertiary/aromatic N) is 2. The number of aliphatic imine (C=N–C) groups is 1. The van der Waals surface area contributed by atoms with Crippen LogP contribution < -0.4 is 0 Å². The maximum Gasteiger partial charge on any atom is 0.101 e. The highest BCUT2D eigenvalue weighted by atomic mass is 15.2. The van der Waals surface area contributed by atoms with Crippen LogP contribution >= 0.6 is 0 Å². The lowest BCUT2D eigenvalue weighted by Gasteiger charge is -2.16. The predicted molar refractivity (Wildman–Crippen MR) is 57.9 cm³/mol. The highest BCUT2D eigenvalue weighted by molar-refractivity contribution is 5.80. The maximum absolute atomic E-state index is 4.48.